The van der Waals surface area contributed by atoms with Crippen molar-refractivity contribution < 1.29 is 0 Å². The van der Waals surface area contributed by atoms with E-state index in [0.29, 0.717) is 5.92 Å². The van der Waals surface area contributed by atoms with Gasteiger partial charge in [-0.25, -0.2) is 0 Å². The largest absolute Gasteiger partial charge is 0.337 e. The number of nitrogens with zero attached hydrogens (tertiary/aromatic N) is 3. The van der Waals surface area contributed by atoms with Gasteiger partial charge in [0.25, 0.3) is 0 Å². The van der Waals surface area contributed by atoms with Crippen molar-refractivity contribution in [3.05, 3.63) is 229 Å². The van der Waals surface area contributed by atoms with Crippen molar-refractivity contribution in [3.63, 3.8) is 0 Å². The molecule has 10 rings (SSSR count). The van der Waals surface area contributed by atoms with Gasteiger partial charge in [-0.15, -0.1) is 0 Å². The molecule has 1 fully saturated rings. The summed E-state index contributed by atoms with van der Waals surface area (Å²) in [4.78, 5) is 4.83. The molecule has 1 heterocycles. The van der Waals surface area contributed by atoms with Crippen LogP contribution in [0.25, 0.3) is 27.5 Å². The van der Waals surface area contributed by atoms with Crippen molar-refractivity contribution >= 4 is 50.2 Å². The Morgan fingerprint density at radius 3 is 1.56 bits per heavy atom. The third kappa shape index (κ3) is 7.50. The van der Waals surface area contributed by atoms with E-state index in [4.69, 9.17) is 0 Å². The fourth-order valence-electron chi connectivity index (χ4n) is 9.78. The quantitative estimate of drug-likeness (QED) is 0.129. The van der Waals surface area contributed by atoms with Crippen LogP contribution in [0.2, 0.25) is 0 Å². The molecule has 1 aliphatic rings. The van der Waals surface area contributed by atoms with E-state index in [1.54, 1.807) is 0 Å². The van der Waals surface area contributed by atoms with Crippen LogP contribution in [0, 0.1) is 0 Å². The fourth-order valence-corrected chi connectivity index (χ4v) is 9.78. The van der Waals surface area contributed by atoms with Crippen LogP contribution in [-0.4, -0.2) is 4.57 Å². The summed E-state index contributed by atoms with van der Waals surface area (Å²) in [7, 11) is 0. The van der Waals surface area contributed by atoms with E-state index in [0.717, 1.165) is 23.6 Å². The van der Waals surface area contributed by atoms with Crippen molar-refractivity contribution in [2.75, 3.05) is 9.80 Å². The van der Waals surface area contributed by atoms with Crippen LogP contribution in [0.1, 0.15) is 74.1 Å². The van der Waals surface area contributed by atoms with Gasteiger partial charge >= 0.3 is 0 Å². The first-order chi connectivity index (χ1) is 30.0. The molecule has 1 aliphatic carbocycles. The lowest BCUT2D eigenvalue weighted by Crippen LogP contribution is -2.20. The fraction of sp³-hybridized carbons (Fsp3) is 0.172. The molecule has 3 heteroatoms. The van der Waals surface area contributed by atoms with Gasteiger partial charge in [-0.3, -0.25) is 0 Å². The molecule has 0 unspecified atom stereocenters. The Morgan fingerprint density at radius 2 is 0.951 bits per heavy atom. The van der Waals surface area contributed by atoms with E-state index in [-0.39, 0.29) is 5.41 Å². The highest BCUT2D eigenvalue weighted by atomic mass is 15.1. The molecule has 9 aromatic rings. The van der Waals surface area contributed by atoms with E-state index in [1.165, 1.54) is 93.2 Å². The second-order valence-corrected chi connectivity index (χ2v) is 17.2. The average molecular weight is 792 g/mol. The Bertz CT molecular complexity index is 2810. The van der Waals surface area contributed by atoms with Gasteiger partial charge in [0, 0.05) is 50.3 Å². The second kappa shape index (κ2) is 16.7. The van der Waals surface area contributed by atoms with E-state index in [2.05, 4.69) is 234 Å². The Balaban J connectivity index is 1.01. The topological polar surface area (TPSA) is 11.4 Å². The average Bonchev–Trinajstić information content (AvgIpc) is 3.68. The Morgan fingerprint density at radius 1 is 0.459 bits per heavy atom. The zero-order chi connectivity index (χ0) is 41.2. The summed E-state index contributed by atoms with van der Waals surface area (Å²) < 4.78 is 2.46. The highest BCUT2D eigenvalue weighted by Gasteiger charge is 2.25. The zero-order valence-corrected chi connectivity index (χ0v) is 35.3. The Labute approximate surface area is 361 Å². The monoisotopic (exact) mass is 791 g/mol. The number of rotatable bonds is 11. The molecule has 0 spiro atoms. The highest BCUT2D eigenvalue weighted by Crippen LogP contribution is 2.41. The number of anilines is 5. The molecular formula is C58H53N3. The van der Waals surface area contributed by atoms with Crippen LogP contribution < -0.4 is 9.80 Å². The molecule has 0 amide bonds. The minimum Gasteiger partial charge on any atom is -0.337 e. The molecule has 3 nitrogen and oxygen atoms in total. The van der Waals surface area contributed by atoms with Crippen LogP contribution >= 0.6 is 0 Å². The first-order valence-electron chi connectivity index (χ1n) is 22.1. The van der Waals surface area contributed by atoms with Crippen LogP contribution in [0.15, 0.2) is 206 Å². The first kappa shape index (κ1) is 38.4. The molecule has 0 saturated heterocycles. The van der Waals surface area contributed by atoms with Crippen LogP contribution in [0.4, 0.5) is 28.4 Å². The maximum Gasteiger partial charge on any atom is 0.0591 e. The maximum atomic E-state index is 2.51. The first-order valence-corrected chi connectivity index (χ1v) is 22.1. The van der Waals surface area contributed by atoms with E-state index >= 15 is 0 Å². The van der Waals surface area contributed by atoms with Crippen molar-refractivity contribution in [1.29, 1.82) is 0 Å². The number of aromatic nitrogens is 1. The van der Waals surface area contributed by atoms with E-state index in [9.17, 15) is 0 Å². The number of para-hydroxylation sites is 5. The molecule has 1 aromatic heterocycles. The normalized spacial score (nSPS) is 13.4. The lowest BCUT2D eigenvalue weighted by Gasteiger charge is -2.30. The maximum absolute atomic E-state index is 2.51. The summed E-state index contributed by atoms with van der Waals surface area (Å²) in [5.74, 6) is 0.668. The molecule has 300 valence electrons. The summed E-state index contributed by atoms with van der Waals surface area (Å²) in [6, 6.07) is 75.7. The molecular weight excluding hydrogens is 739 g/mol. The smallest absolute Gasteiger partial charge is 0.0591 e. The SMILES string of the molecule is CC(C)(c1ccc(N(Cc2cccc3c4ccccc4n(-c4ccccc4)c23)c2ccc(C3CCCCC3)cc2)cc1)c1ccc(N(c2ccccc2)c2ccccc2)cc1. The summed E-state index contributed by atoms with van der Waals surface area (Å²) in [6.45, 7) is 5.41. The highest BCUT2D eigenvalue weighted by molar-refractivity contribution is 6.10. The Kier molecular flexibility index (Phi) is 10.5. The second-order valence-electron chi connectivity index (χ2n) is 17.2. The van der Waals surface area contributed by atoms with Crippen LogP contribution in [0.5, 0.6) is 0 Å². The van der Waals surface area contributed by atoms with E-state index < -0.39 is 0 Å². The van der Waals surface area contributed by atoms with Gasteiger partial charge in [-0.2, -0.15) is 0 Å². The van der Waals surface area contributed by atoms with Gasteiger partial charge in [-0.1, -0.05) is 161 Å². The van der Waals surface area contributed by atoms with Gasteiger partial charge in [-0.05, 0) is 120 Å². The van der Waals surface area contributed by atoms with Gasteiger partial charge in [0.1, 0.15) is 0 Å². The van der Waals surface area contributed by atoms with Crippen molar-refractivity contribution in [1.82, 2.24) is 4.57 Å². The molecule has 1 saturated carbocycles. The number of hydrogen-bond donors (Lipinski definition) is 0. The number of fused-ring (bicyclic) bond motifs is 3. The summed E-state index contributed by atoms with van der Waals surface area (Å²) in [5, 5.41) is 2.56. The minimum atomic E-state index is -0.212. The van der Waals surface area contributed by atoms with Gasteiger partial charge in [0.2, 0.25) is 0 Å². The summed E-state index contributed by atoms with van der Waals surface area (Å²) >= 11 is 0. The van der Waals surface area contributed by atoms with E-state index in [1.807, 2.05) is 0 Å². The van der Waals surface area contributed by atoms with Crippen LogP contribution in [0.3, 0.4) is 0 Å². The summed E-state index contributed by atoms with van der Waals surface area (Å²) in [5.41, 5.74) is 14.6. The standard InChI is InChI=1S/C58H53N3/c1-58(2,47-34-40-53(41-35-47)60(50-21-9-4-10-22-50)51-23-11-5-12-24-51)46-32-38-49(39-33-46)59(48-36-30-44(31-37-48)43-18-7-3-8-19-43)42-45-20-17-28-55-54-27-15-16-29-56(54)61(57(45)55)52-25-13-6-14-26-52/h4-6,9-17,20-41,43H,3,7-8,18-19,42H2,1-2H3. The molecule has 61 heavy (non-hydrogen) atoms. The predicted octanol–water partition coefficient (Wildman–Crippen LogP) is 16.0. The third-order valence-electron chi connectivity index (χ3n) is 13.2. The molecule has 0 N–H and O–H groups in total. The van der Waals surface area contributed by atoms with Crippen LogP contribution in [-0.2, 0) is 12.0 Å². The zero-order valence-electron chi connectivity index (χ0n) is 35.3. The van der Waals surface area contributed by atoms with Crippen molar-refractivity contribution in [3.8, 4) is 5.69 Å². The van der Waals surface area contributed by atoms with Crippen molar-refractivity contribution in [2.45, 2.75) is 63.8 Å². The Hall–Kier alpha value is -6.84. The summed E-state index contributed by atoms with van der Waals surface area (Å²) in [6.07, 6.45) is 6.64. The number of hydrogen-bond acceptors (Lipinski definition) is 2. The predicted molar refractivity (Wildman–Crippen MR) is 259 cm³/mol. The molecule has 0 radical (unpaired) electrons. The van der Waals surface area contributed by atoms with Gasteiger partial charge in [0.05, 0.1) is 17.6 Å². The lowest BCUT2D eigenvalue weighted by atomic mass is 9.78. The molecule has 0 bridgehead atoms. The molecule has 0 atom stereocenters. The molecule has 8 aromatic carbocycles. The van der Waals surface area contributed by atoms with Crippen molar-refractivity contribution in [2.24, 2.45) is 0 Å². The lowest BCUT2D eigenvalue weighted by molar-refractivity contribution is 0.443. The van der Waals surface area contributed by atoms with Gasteiger partial charge in [0.15, 0.2) is 0 Å². The number of benzene rings is 8. The molecule has 0 aliphatic heterocycles. The third-order valence-corrected chi connectivity index (χ3v) is 13.2. The minimum absolute atomic E-state index is 0.212. The van der Waals surface area contributed by atoms with Gasteiger partial charge < -0.3 is 14.4 Å².